The first-order chi connectivity index (χ1) is 9.90. The number of hydrogen-bond acceptors (Lipinski definition) is 4. The summed E-state index contributed by atoms with van der Waals surface area (Å²) in [5, 5.41) is 13.2. The van der Waals surface area contributed by atoms with Crippen LogP contribution >= 0.6 is 0 Å². The number of piperidine rings is 1. The second-order valence-electron chi connectivity index (χ2n) is 7.38. The Morgan fingerprint density at radius 1 is 1.38 bits per heavy atom. The van der Waals surface area contributed by atoms with Crippen LogP contribution in [-0.4, -0.2) is 73.4 Å². The van der Waals surface area contributed by atoms with E-state index >= 15 is 0 Å². The molecule has 0 spiro atoms. The molecule has 0 bridgehead atoms. The number of nitrogens with one attached hydrogen (secondary N) is 1. The number of hydrogen-bond donors (Lipinski definition) is 2. The molecule has 0 aromatic carbocycles. The minimum Gasteiger partial charge on any atom is -0.394 e. The van der Waals surface area contributed by atoms with Crippen LogP contribution in [-0.2, 0) is 0 Å². The molecule has 1 aliphatic rings. The SMILES string of the molecule is CCCNC(C)(CO)CC(C)N(C)CC1CCN(C)CC1. The quantitative estimate of drug-likeness (QED) is 0.681. The molecular weight excluding hydrogens is 262 g/mol. The lowest BCUT2D eigenvalue weighted by atomic mass is 9.92. The van der Waals surface area contributed by atoms with Crippen LogP contribution in [0, 0.1) is 5.92 Å². The van der Waals surface area contributed by atoms with Crippen molar-refractivity contribution in [3.8, 4) is 0 Å². The lowest BCUT2D eigenvalue weighted by Crippen LogP contribution is -2.51. The van der Waals surface area contributed by atoms with Crippen LogP contribution in [0.2, 0.25) is 0 Å². The molecule has 1 rings (SSSR count). The minimum absolute atomic E-state index is 0.156. The van der Waals surface area contributed by atoms with Crippen LogP contribution in [0.15, 0.2) is 0 Å². The van der Waals surface area contributed by atoms with Crippen LogP contribution in [0.4, 0.5) is 0 Å². The summed E-state index contributed by atoms with van der Waals surface area (Å²) < 4.78 is 0. The monoisotopic (exact) mass is 299 g/mol. The van der Waals surface area contributed by atoms with Crippen molar-refractivity contribution in [1.82, 2.24) is 15.1 Å². The van der Waals surface area contributed by atoms with Crippen molar-refractivity contribution in [1.29, 1.82) is 0 Å². The molecule has 0 amide bonds. The maximum atomic E-state index is 9.71. The van der Waals surface area contributed by atoms with E-state index < -0.39 is 0 Å². The maximum absolute atomic E-state index is 9.71. The summed E-state index contributed by atoms with van der Waals surface area (Å²) in [4.78, 5) is 4.91. The molecule has 0 aromatic rings. The minimum atomic E-state index is -0.156. The Morgan fingerprint density at radius 2 is 2.00 bits per heavy atom. The second kappa shape index (κ2) is 9.09. The van der Waals surface area contributed by atoms with Crippen molar-refractivity contribution in [3.05, 3.63) is 0 Å². The summed E-state index contributed by atoms with van der Waals surface area (Å²) >= 11 is 0. The fraction of sp³-hybridized carbons (Fsp3) is 1.00. The summed E-state index contributed by atoms with van der Waals surface area (Å²) in [6.07, 6.45) is 4.74. The molecule has 21 heavy (non-hydrogen) atoms. The standard InChI is InChI=1S/C17H37N3O/c1-6-9-18-17(3,14-21)12-15(2)20(5)13-16-7-10-19(4)11-8-16/h15-16,18,21H,6-14H2,1-5H3. The lowest BCUT2D eigenvalue weighted by Gasteiger charge is -2.38. The van der Waals surface area contributed by atoms with Gasteiger partial charge in [-0.05, 0) is 79.2 Å². The highest BCUT2D eigenvalue weighted by Gasteiger charge is 2.28. The number of likely N-dealkylation sites (tertiary alicyclic amines) is 1. The van der Waals surface area contributed by atoms with Gasteiger partial charge < -0.3 is 20.2 Å². The first-order valence-corrected chi connectivity index (χ1v) is 8.65. The molecular formula is C17H37N3O. The van der Waals surface area contributed by atoms with Crippen molar-refractivity contribution in [2.24, 2.45) is 5.92 Å². The van der Waals surface area contributed by atoms with E-state index in [9.17, 15) is 5.11 Å². The Balaban J connectivity index is 2.40. The van der Waals surface area contributed by atoms with E-state index in [1.54, 1.807) is 0 Å². The van der Waals surface area contributed by atoms with Crippen LogP contribution in [0.1, 0.15) is 46.5 Å². The van der Waals surface area contributed by atoms with Crippen molar-refractivity contribution in [2.75, 3.05) is 46.9 Å². The van der Waals surface area contributed by atoms with E-state index in [1.165, 1.54) is 32.5 Å². The van der Waals surface area contributed by atoms with E-state index in [-0.39, 0.29) is 12.1 Å². The number of aliphatic hydroxyl groups is 1. The summed E-state index contributed by atoms with van der Waals surface area (Å²) in [5.41, 5.74) is -0.156. The maximum Gasteiger partial charge on any atom is 0.0611 e. The van der Waals surface area contributed by atoms with Crippen LogP contribution in [0.3, 0.4) is 0 Å². The molecule has 2 unspecified atom stereocenters. The zero-order valence-corrected chi connectivity index (χ0v) is 14.9. The third-order valence-electron chi connectivity index (χ3n) is 5.03. The van der Waals surface area contributed by atoms with Gasteiger partial charge in [0.05, 0.1) is 6.61 Å². The van der Waals surface area contributed by atoms with Crippen molar-refractivity contribution in [2.45, 2.75) is 58.0 Å². The molecule has 4 nitrogen and oxygen atoms in total. The normalized spacial score (nSPS) is 22.4. The largest absolute Gasteiger partial charge is 0.394 e. The van der Waals surface area contributed by atoms with Gasteiger partial charge in [0.2, 0.25) is 0 Å². The van der Waals surface area contributed by atoms with Crippen molar-refractivity contribution >= 4 is 0 Å². The smallest absolute Gasteiger partial charge is 0.0611 e. The third-order valence-corrected chi connectivity index (χ3v) is 5.03. The van der Waals surface area contributed by atoms with Gasteiger partial charge >= 0.3 is 0 Å². The topological polar surface area (TPSA) is 38.7 Å². The number of aliphatic hydroxyl groups excluding tert-OH is 1. The molecule has 2 N–H and O–H groups in total. The Bertz CT molecular complexity index is 279. The average molecular weight is 300 g/mol. The Labute approximate surface area is 131 Å². The molecule has 1 fully saturated rings. The summed E-state index contributed by atoms with van der Waals surface area (Å²) in [5.74, 6) is 0.831. The van der Waals surface area contributed by atoms with E-state index in [4.69, 9.17) is 0 Å². The van der Waals surface area contributed by atoms with Gasteiger partial charge in [0.25, 0.3) is 0 Å². The van der Waals surface area contributed by atoms with Gasteiger partial charge in [0.15, 0.2) is 0 Å². The lowest BCUT2D eigenvalue weighted by molar-refractivity contribution is 0.107. The molecule has 4 heteroatoms. The zero-order valence-electron chi connectivity index (χ0n) is 14.9. The second-order valence-corrected chi connectivity index (χ2v) is 7.38. The van der Waals surface area contributed by atoms with Gasteiger partial charge in [0.1, 0.15) is 0 Å². The summed E-state index contributed by atoms with van der Waals surface area (Å²) in [7, 11) is 4.45. The fourth-order valence-electron chi connectivity index (χ4n) is 3.26. The van der Waals surface area contributed by atoms with Crippen LogP contribution in [0.25, 0.3) is 0 Å². The molecule has 126 valence electrons. The third kappa shape index (κ3) is 6.64. The molecule has 1 heterocycles. The first kappa shape index (κ1) is 18.9. The van der Waals surface area contributed by atoms with E-state index in [0.29, 0.717) is 6.04 Å². The predicted molar refractivity (Wildman–Crippen MR) is 90.7 cm³/mol. The molecule has 0 radical (unpaired) electrons. The highest BCUT2D eigenvalue weighted by atomic mass is 16.3. The Kier molecular flexibility index (Phi) is 8.17. The number of rotatable bonds is 9. The van der Waals surface area contributed by atoms with Crippen molar-refractivity contribution in [3.63, 3.8) is 0 Å². The van der Waals surface area contributed by atoms with Gasteiger partial charge in [-0.15, -0.1) is 0 Å². The molecule has 1 aliphatic heterocycles. The van der Waals surface area contributed by atoms with Gasteiger partial charge in [-0.25, -0.2) is 0 Å². The zero-order chi connectivity index (χ0) is 15.9. The molecule has 2 atom stereocenters. The highest BCUT2D eigenvalue weighted by Crippen LogP contribution is 2.20. The summed E-state index contributed by atoms with van der Waals surface area (Å²) in [6.45, 7) is 11.4. The van der Waals surface area contributed by atoms with Gasteiger partial charge in [-0.1, -0.05) is 6.92 Å². The molecule has 0 aromatic heterocycles. The Hall–Kier alpha value is -0.160. The van der Waals surface area contributed by atoms with Gasteiger partial charge in [-0.2, -0.15) is 0 Å². The molecule has 0 saturated carbocycles. The fourth-order valence-corrected chi connectivity index (χ4v) is 3.26. The highest BCUT2D eigenvalue weighted by molar-refractivity contribution is 4.87. The Morgan fingerprint density at radius 3 is 2.52 bits per heavy atom. The predicted octanol–water partition coefficient (Wildman–Crippen LogP) is 1.79. The van der Waals surface area contributed by atoms with Gasteiger partial charge in [-0.3, -0.25) is 0 Å². The average Bonchev–Trinajstić information content (AvgIpc) is 2.47. The van der Waals surface area contributed by atoms with Crippen LogP contribution < -0.4 is 5.32 Å². The number of nitrogens with zero attached hydrogens (tertiary/aromatic N) is 2. The summed E-state index contributed by atoms with van der Waals surface area (Å²) in [6, 6.07) is 0.492. The van der Waals surface area contributed by atoms with Crippen molar-refractivity contribution < 1.29 is 5.11 Å². The molecule has 1 saturated heterocycles. The molecule has 0 aliphatic carbocycles. The van der Waals surface area contributed by atoms with E-state index in [0.717, 1.165) is 25.3 Å². The van der Waals surface area contributed by atoms with Crippen LogP contribution in [0.5, 0.6) is 0 Å². The van der Waals surface area contributed by atoms with E-state index in [2.05, 4.69) is 50.0 Å². The van der Waals surface area contributed by atoms with Gasteiger partial charge in [0, 0.05) is 18.1 Å². The van der Waals surface area contributed by atoms with E-state index in [1.807, 2.05) is 0 Å². The first-order valence-electron chi connectivity index (χ1n) is 8.65.